The molecule has 0 bridgehead atoms. The monoisotopic (exact) mass is 293 g/mol. The van der Waals surface area contributed by atoms with Crippen molar-refractivity contribution in [2.75, 3.05) is 0 Å². The minimum Gasteiger partial charge on any atom is -0.339 e. The number of aromatic nitrogens is 3. The quantitative estimate of drug-likeness (QED) is 0.750. The van der Waals surface area contributed by atoms with Crippen LogP contribution in [0.4, 0.5) is 13.2 Å². The van der Waals surface area contributed by atoms with E-state index in [1.807, 2.05) is 0 Å². The van der Waals surface area contributed by atoms with Crippen LogP contribution in [-0.4, -0.2) is 14.8 Å². The summed E-state index contributed by atoms with van der Waals surface area (Å²) < 4.78 is 39.3. The maximum atomic E-state index is 12.6. The minimum atomic E-state index is -4.36. The number of nitrogens with zero attached hydrogens (tertiary/aromatic N) is 2. The summed E-state index contributed by atoms with van der Waals surface area (Å²) in [5.74, 6) is 0. The number of alkyl halides is 3. The number of benzene rings is 1. The molecule has 0 aliphatic rings. The molecule has 3 aromatic rings. The van der Waals surface area contributed by atoms with Crippen LogP contribution in [0.3, 0.4) is 0 Å². The number of nitrogens with one attached hydrogen (secondary N) is 1. The molecule has 1 aromatic carbocycles. The van der Waals surface area contributed by atoms with Gasteiger partial charge in [-0.25, -0.2) is 5.10 Å². The van der Waals surface area contributed by atoms with Gasteiger partial charge >= 0.3 is 6.18 Å². The number of H-pyrrole nitrogens is 1. The summed E-state index contributed by atoms with van der Waals surface area (Å²) in [6, 6.07) is 6.54. The Hall–Kier alpha value is -2.57. The van der Waals surface area contributed by atoms with Gasteiger partial charge in [0.2, 0.25) is 0 Å². The van der Waals surface area contributed by atoms with Crippen LogP contribution < -0.4 is 5.56 Å². The van der Waals surface area contributed by atoms with E-state index in [4.69, 9.17) is 0 Å². The van der Waals surface area contributed by atoms with Crippen molar-refractivity contribution in [1.29, 1.82) is 0 Å². The highest BCUT2D eigenvalue weighted by atomic mass is 19.4. The van der Waals surface area contributed by atoms with Crippen LogP contribution in [0.1, 0.15) is 5.56 Å². The third kappa shape index (κ3) is 2.20. The SMILES string of the molecule is Cn1c(-c2ccc(C(F)(F)F)cc2)cc2cn[nH]c(=O)c21. The van der Waals surface area contributed by atoms with Crippen molar-refractivity contribution < 1.29 is 13.2 Å². The van der Waals surface area contributed by atoms with Crippen molar-refractivity contribution in [3.05, 3.63) is 52.4 Å². The van der Waals surface area contributed by atoms with E-state index in [0.717, 1.165) is 12.1 Å². The van der Waals surface area contributed by atoms with Gasteiger partial charge in [-0.15, -0.1) is 0 Å². The predicted octanol–water partition coefficient (Wildman–Crippen LogP) is 2.95. The van der Waals surface area contributed by atoms with Crippen molar-refractivity contribution >= 4 is 10.9 Å². The first-order valence-electron chi connectivity index (χ1n) is 6.08. The molecule has 2 heterocycles. The molecule has 0 amide bonds. The maximum absolute atomic E-state index is 12.6. The standard InChI is InChI=1S/C14H10F3N3O/c1-20-11(6-9-7-18-19-13(21)12(9)20)8-2-4-10(5-3-8)14(15,16)17/h2-7H,1H3,(H,19,21). The van der Waals surface area contributed by atoms with E-state index in [9.17, 15) is 18.0 Å². The zero-order valence-electron chi connectivity index (χ0n) is 10.9. The van der Waals surface area contributed by atoms with E-state index in [1.54, 1.807) is 17.7 Å². The lowest BCUT2D eigenvalue weighted by Crippen LogP contribution is -2.10. The molecular formula is C14H10F3N3O. The van der Waals surface area contributed by atoms with Crippen LogP contribution in [0.2, 0.25) is 0 Å². The number of aromatic amines is 1. The van der Waals surface area contributed by atoms with Gasteiger partial charge in [0.15, 0.2) is 0 Å². The maximum Gasteiger partial charge on any atom is 0.416 e. The normalized spacial score (nSPS) is 12.0. The molecular weight excluding hydrogens is 283 g/mol. The average molecular weight is 293 g/mol. The molecule has 0 atom stereocenters. The van der Waals surface area contributed by atoms with E-state index in [0.29, 0.717) is 22.2 Å². The van der Waals surface area contributed by atoms with E-state index >= 15 is 0 Å². The Morgan fingerprint density at radius 1 is 1.19 bits per heavy atom. The molecule has 0 radical (unpaired) electrons. The second-order valence-corrected chi connectivity index (χ2v) is 4.67. The molecule has 0 spiro atoms. The third-order valence-corrected chi connectivity index (χ3v) is 3.36. The molecule has 0 aliphatic carbocycles. The van der Waals surface area contributed by atoms with Gasteiger partial charge in [0.05, 0.1) is 11.8 Å². The van der Waals surface area contributed by atoms with Crippen LogP contribution in [-0.2, 0) is 13.2 Å². The van der Waals surface area contributed by atoms with Gasteiger partial charge in [0.25, 0.3) is 5.56 Å². The summed E-state index contributed by atoms with van der Waals surface area (Å²) in [6.45, 7) is 0. The first-order chi connectivity index (χ1) is 9.88. The average Bonchev–Trinajstić information content (AvgIpc) is 2.77. The topological polar surface area (TPSA) is 50.7 Å². The lowest BCUT2D eigenvalue weighted by atomic mass is 10.1. The summed E-state index contributed by atoms with van der Waals surface area (Å²) >= 11 is 0. The highest BCUT2D eigenvalue weighted by Crippen LogP contribution is 2.31. The first-order valence-corrected chi connectivity index (χ1v) is 6.08. The lowest BCUT2D eigenvalue weighted by Gasteiger charge is -2.08. The molecule has 108 valence electrons. The smallest absolute Gasteiger partial charge is 0.339 e. The Bertz CT molecular complexity index is 860. The summed E-state index contributed by atoms with van der Waals surface area (Å²) in [5, 5.41) is 6.68. The van der Waals surface area contributed by atoms with Crippen molar-refractivity contribution in [3.63, 3.8) is 0 Å². The lowest BCUT2D eigenvalue weighted by molar-refractivity contribution is -0.137. The fourth-order valence-corrected chi connectivity index (χ4v) is 2.33. The van der Waals surface area contributed by atoms with Gasteiger partial charge in [0.1, 0.15) is 5.52 Å². The Kier molecular flexibility index (Phi) is 2.86. The largest absolute Gasteiger partial charge is 0.416 e. The van der Waals surface area contributed by atoms with Crippen LogP contribution >= 0.6 is 0 Å². The summed E-state index contributed by atoms with van der Waals surface area (Å²) in [6.07, 6.45) is -2.86. The number of hydrogen-bond acceptors (Lipinski definition) is 2. The number of aryl methyl sites for hydroxylation is 1. The molecule has 0 aliphatic heterocycles. The second kappa shape index (κ2) is 4.47. The number of fused-ring (bicyclic) bond motifs is 1. The molecule has 2 aromatic heterocycles. The van der Waals surface area contributed by atoms with Crippen LogP contribution in [0, 0.1) is 0 Å². The molecule has 0 saturated heterocycles. The van der Waals surface area contributed by atoms with E-state index in [-0.39, 0.29) is 5.56 Å². The number of halogens is 3. The molecule has 7 heteroatoms. The Morgan fingerprint density at radius 2 is 1.86 bits per heavy atom. The minimum absolute atomic E-state index is 0.340. The molecule has 0 fully saturated rings. The van der Waals surface area contributed by atoms with Gasteiger partial charge in [-0.2, -0.15) is 18.3 Å². The van der Waals surface area contributed by atoms with Gasteiger partial charge < -0.3 is 4.57 Å². The van der Waals surface area contributed by atoms with Crippen molar-refractivity contribution in [2.45, 2.75) is 6.18 Å². The van der Waals surface area contributed by atoms with Crippen LogP contribution in [0.15, 0.2) is 41.3 Å². The predicted molar refractivity (Wildman–Crippen MR) is 71.8 cm³/mol. The van der Waals surface area contributed by atoms with Gasteiger partial charge in [-0.05, 0) is 23.8 Å². The van der Waals surface area contributed by atoms with Crippen LogP contribution in [0.25, 0.3) is 22.2 Å². The van der Waals surface area contributed by atoms with Crippen molar-refractivity contribution in [3.8, 4) is 11.3 Å². The Labute approximate surface area is 116 Å². The van der Waals surface area contributed by atoms with Gasteiger partial charge in [-0.1, -0.05) is 12.1 Å². The zero-order chi connectivity index (χ0) is 15.2. The molecule has 1 N–H and O–H groups in total. The number of rotatable bonds is 1. The number of hydrogen-bond donors (Lipinski definition) is 1. The zero-order valence-corrected chi connectivity index (χ0v) is 10.9. The molecule has 3 rings (SSSR count). The molecule has 21 heavy (non-hydrogen) atoms. The molecule has 4 nitrogen and oxygen atoms in total. The van der Waals surface area contributed by atoms with Crippen LogP contribution in [0.5, 0.6) is 0 Å². The van der Waals surface area contributed by atoms with Crippen molar-refractivity contribution in [2.24, 2.45) is 7.05 Å². The molecule has 0 unspecified atom stereocenters. The van der Waals surface area contributed by atoms with Crippen molar-refractivity contribution in [1.82, 2.24) is 14.8 Å². The fraction of sp³-hybridized carbons (Fsp3) is 0.143. The summed E-state index contributed by atoms with van der Waals surface area (Å²) in [7, 11) is 1.69. The van der Waals surface area contributed by atoms with Gasteiger partial charge in [0, 0.05) is 18.1 Å². The summed E-state index contributed by atoms with van der Waals surface area (Å²) in [5.41, 5.74) is 0.635. The molecule has 0 saturated carbocycles. The van der Waals surface area contributed by atoms with Gasteiger partial charge in [-0.3, -0.25) is 4.79 Å². The van der Waals surface area contributed by atoms with E-state index < -0.39 is 11.7 Å². The second-order valence-electron chi connectivity index (χ2n) is 4.67. The van der Waals surface area contributed by atoms with E-state index in [1.165, 1.54) is 18.3 Å². The first kappa shape index (κ1) is 13.4. The highest BCUT2D eigenvalue weighted by Gasteiger charge is 2.30. The Morgan fingerprint density at radius 3 is 2.43 bits per heavy atom. The highest BCUT2D eigenvalue weighted by molar-refractivity contribution is 5.85. The third-order valence-electron chi connectivity index (χ3n) is 3.36. The van der Waals surface area contributed by atoms with E-state index in [2.05, 4.69) is 10.2 Å². The Balaban J connectivity index is 2.15. The summed E-state index contributed by atoms with van der Waals surface area (Å²) in [4.78, 5) is 11.7. The fourth-order valence-electron chi connectivity index (χ4n) is 2.33.